The molecule has 18 heavy (non-hydrogen) atoms. The fourth-order valence-electron chi connectivity index (χ4n) is 1.83. The van der Waals surface area contributed by atoms with E-state index in [0.717, 1.165) is 17.1 Å². The molecule has 0 saturated carbocycles. The zero-order valence-electron chi connectivity index (χ0n) is 10.7. The number of benzene rings is 1. The van der Waals surface area contributed by atoms with Gasteiger partial charge in [-0.15, -0.1) is 0 Å². The van der Waals surface area contributed by atoms with E-state index in [0.29, 0.717) is 0 Å². The summed E-state index contributed by atoms with van der Waals surface area (Å²) < 4.78 is 0. The van der Waals surface area contributed by atoms with Crippen molar-refractivity contribution < 1.29 is 0 Å². The summed E-state index contributed by atoms with van der Waals surface area (Å²) in [5.74, 6) is 0. The first-order valence-corrected chi connectivity index (χ1v) is 6.43. The van der Waals surface area contributed by atoms with Crippen molar-refractivity contribution in [3.8, 4) is 0 Å². The first-order chi connectivity index (χ1) is 8.66. The Labute approximate surface area is 113 Å². The lowest BCUT2D eigenvalue weighted by molar-refractivity contribution is 0.574. The van der Waals surface area contributed by atoms with E-state index < -0.39 is 0 Å². The van der Waals surface area contributed by atoms with Gasteiger partial charge in [-0.3, -0.25) is 4.98 Å². The summed E-state index contributed by atoms with van der Waals surface area (Å²) in [7, 11) is 0. The topological polar surface area (TPSA) is 24.9 Å². The van der Waals surface area contributed by atoms with Crippen LogP contribution in [0, 0.1) is 6.92 Å². The van der Waals surface area contributed by atoms with Crippen LogP contribution in [0.5, 0.6) is 0 Å². The Bertz CT molecular complexity index is 511. The Morgan fingerprint density at radius 3 is 2.61 bits per heavy atom. The van der Waals surface area contributed by atoms with E-state index in [9.17, 15) is 0 Å². The minimum Gasteiger partial charge on any atom is -0.306 e. The molecule has 1 aromatic carbocycles. The van der Waals surface area contributed by atoms with Crippen molar-refractivity contribution in [3.05, 3.63) is 64.4 Å². The molecule has 2 aromatic rings. The van der Waals surface area contributed by atoms with Gasteiger partial charge < -0.3 is 5.32 Å². The molecule has 0 aliphatic carbocycles. The third-order valence-corrected chi connectivity index (χ3v) is 3.37. The highest BCUT2D eigenvalue weighted by molar-refractivity contribution is 6.31. The molecule has 1 unspecified atom stereocenters. The molecule has 0 saturated heterocycles. The summed E-state index contributed by atoms with van der Waals surface area (Å²) in [6.07, 6.45) is 3.62. The number of pyridine rings is 1. The van der Waals surface area contributed by atoms with Gasteiger partial charge in [0, 0.05) is 30.0 Å². The zero-order chi connectivity index (χ0) is 13.0. The summed E-state index contributed by atoms with van der Waals surface area (Å²) >= 11 is 6.21. The van der Waals surface area contributed by atoms with E-state index in [1.807, 2.05) is 37.5 Å². The van der Waals surface area contributed by atoms with Gasteiger partial charge in [-0.1, -0.05) is 23.7 Å². The van der Waals surface area contributed by atoms with Crippen molar-refractivity contribution in [2.45, 2.75) is 26.4 Å². The molecule has 0 amide bonds. The fraction of sp³-hybridized carbons (Fsp3) is 0.267. The number of aromatic nitrogens is 1. The average Bonchev–Trinajstić information content (AvgIpc) is 2.38. The van der Waals surface area contributed by atoms with E-state index in [4.69, 9.17) is 11.6 Å². The maximum Gasteiger partial charge on any atom is 0.0453 e. The lowest BCUT2D eigenvalue weighted by atomic mass is 10.1. The van der Waals surface area contributed by atoms with Crippen LogP contribution in [0.3, 0.4) is 0 Å². The Morgan fingerprint density at radius 1 is 1.22 bits per heavy atom. The molecular weight excluding hydrogens is 244 g/mol. The molecule has 0 fully saturated rings. The van der Waals surface area contributed by atoms with Crippen molar-refractivity contribution in [2.24, 2.45) is 0 Å². The summed E-state index contributed by atoms with van der Waals surface area (Å²) in [6.45, 7) is 4.95. The SMILES string of the molecule is Cc1ccc(CNC(C)c2ccncc2)c(Cl)c1. The molecule has 1 aromatic heterocycles. The highest BCUT2D eigenvalue weighted by Crippen LogP contribution is 2.19. The quantitative estimate of drug-likeness (QED) is 0.902. The number of rotatable bonds is 4. The lowest BCUT2D eigenvalue weighted by Crippen LogP contribution is -2.18. The predicted octanol–water partition coefficient (Wildman–Crippen LogP) is 3.89. The van der Waals surface area contributed by atoms with Crippen LogP contribution in [0.2, 0.25) is 5.02 Å². The molecule has 94 valence electrons. The molecule has 3 heteroatoms. The smallest absolute Gasteiger partial charge is 0.0453 e. The third kappa shape index (κ3) is 3.31. The van der Waals surface area contributed by atoms with Crippen molar-refractivity contribution in [2.75, 3.05) is 0 Å². The fourth-order valence-corrected chi connectivity index (χ4v) is 2.13. The van der Waals surface area contributed by atoms with E-state index >= 15 is 0 Å². The Kier molecular flexibility index (Phi) is 4.34. The Balaban J connectivity index is 1.99. The summed E-state index contributed by atoms with van der Waals surface area (Å²) in [5.41, 5.74) is 3.54. The molecule has 0 aliphatic rings. The summed E-state index contributed by atoms with van der Waals surface area (Å²) in [4.78, 5) is 4.02. The van der Waals surface area contributed by atoms with Crippen molar-refractivity contribution in [1.29, 1.82) is 0 Å². The molecule has 1 atom stereocenters. The lowest BCUT2D eigenvalue weighted by Gasteiger charge is -2.14. The van der Waals surface area contributed by atoms with Crippen LogP contribution in [0.15, 0.2) is 42.7 Å². The van der Waals surface area contributed by atoms with Crippen molar-refractivity contribution >= 4 is 11.6 Å². The second kappa shape index (κ2) is 5.98. The Morgan fingerprint density at radius 2 is 1.94 bits per heavy atom. The maximum absolute atomic E-state index is 6.21. The highest BCUT2D eigenvalue weighted by Gasteiger charge is 2.06. The van der Waals surface area contributed by atoms with Crippen LogP contribution >= 0.6 is 11.6 Å². The van der Waals surface area contributed by atoms with Crippen LogP contribution in [-0.2, 0) is 6.54 Å². The second-order valence-electron chi connectivity index (χ2n) is 4.48. The van der Waals surface area contributed by atoms with E-state index in [-0.39, 0.29) is 6.04 Å². The second-order valence-corrected chi connectivity index (χ2v) is 4.89. The monoisotopic (exact) mass is 260 g/mol. The summed E-state index contributed by atoms with van der Waals surface area (Å²) in [5, 5.41) is 4.29. The van der Waals surface area contributed by atoms with Gasteiger partial charge in [0.1, 0.15) is 0 Å². The predicted molar refractivity (Wildman–Crippen MR) is 75.7 cm³/mol. The first-order valence-electron chi connectivity index (χ1n) is 6.05. The van der Waals surface area contributed by atoms with Gasteiger partial charge in [-0.25, -0.2) is 0 Å². The molecule has 0 aliphatic heterocycles. The standard InChI is InChI=1S/C15H17ClN2/c1-11-3-4-14(15(16)9-11)10-18-12(2)13-5-7-17-8-6-13/h3-9,12,18H,10H2,1-2H3. The molecule has 2 nitrogen and oxygen atoms in total. The molecular formula is C15H17ClN2. The number of aryl methyl sites for hydroxylation is 1. The first kappa shape index (κ1) is 13.1. The third-order valence-electron chi connectivity index (χ3n) is 3.01. The van der Waals surface area contributed by atoms with E-state index in [2.05, 4.69) is 29.4 Å². The maximum atomic E-state index is 6.21. The summed E-state index contributed by atoms with van der Waals surface area (Å²) in [6, 6.07) is 10.5. The van der Waals surface area contributed by atoms with Gasteiger partial charge in [-0.2, -0.15) is 0 Å². The molecule has 0 bridgehead atoms. The molecule has 2 rings (SSSR count). The molecule has 0 radical (unpaired) electrons. The minimum atomic E-state index is 0.283. The molecule has 1 heterocycles. The van der Waals surface area contributed by atoms with Gasteiger partial charge in [0.05, 0.1) is 0 Å². The highest BCUT2D eigenvalue weighted by atomic mass is 35.5. The number of halogens is 1. The zero-order valence-corrected chi connectivity index (χ0v) is 11.4. The number of hydrogen-bond donors (Lipinski definition) is 1. The van der Waals surface area contributed by atoms with E-state index in [1.54, 1.807) is 0 Å². The number of hydrogen-bond acceptors (Lipinski definition) is 2. The van der Waals surface area contributed by atoms with Gasteiger partial charge >= 0.3 is 0 Å². The van der Waals surface area contributed by atoms with Crippen LogP contribution in [-0.4, -0.2) is 4.98 Å². The van der Waals surface area contributed by atoms with Crippen LogP contribution < -0.4 is 5.32 Å². The average molecular weight is 261 g/mol. The Hall–Kier alpha value is -1.38. The minimum absolute atomic E-state index is 0.283. The van der Waals surface area contributed by atoms with E-state index in [1.165, 1.54) is 11.1 Å². The van der Waals surface area contributed by atoms with Crippen LogP contribution in [0.1, 0.15) is 29.7 Å². The number of nitrogens with zero attached hydrogens (tertiary/aromatic N) is 1. The number of nitrogens with one attached hydrogen (secondary N) is 1. The normalized spacial score (nSPS) is 12.4. The largest absolute Gasteiger partial charge is 0.306 e. The molecule has 1 N–H and O–H groups in total. The van der Waals surface area contributed by atoms with Gasteiger partial charge in [0.2, 0.25) is 0 Å². The molecule has 0 spiro atoms. The van der Waals surface area contributed by atoms with Crippen molar-refractivity contribution in [3.63, 3.8) is 0 Å². The van der Waals surface area contributed by atoms with Gasteiger partial charge in [0.25, 0.3) is 0 Å². The van der Waals surface area contributed by atoms with Gasteiger partial charge in [0.15, 0.2) is 0 Å². The van der Waals surface area contributed by atoms with Crippen LogP contribution in [0.25, 0.3) is 0 Å². The van der Waals surface area contributed by atoms with Crippen LogP contribution in [0.4, 0.5) is 0 Å². The van der Waals surface area contributed by atoms with Gasteiger partial charge in [-0.05, 0) is 48.7 Å². The van der Waals surface area contributed by atoms with Crippen molar-refractivity contribution in [1.82, 2.24) is 10.3 Å².